The van der Waals surface area contributed by atoms with Gasteiger partial charge in [-0.2, -0.15) is 0 Å². The maximum atomic E-state index is 11.7. The van der Waals surface area contributed by atoms with Gasteiger partial charge in [0.05, 0.1) is 25.6 Å². The van der Waals surface area contributed by atoms with Gasteiger partial charge in [-0.05, 0) is 30.8 Å². The lowest BCUT2D eigenvalue weighted by atomic mass is 10.0. The number of furan rings is 1. The van der Waals surface area contributed by atoms with Gasteiger partial charge in [-0.25, -0.2) is 0 Å². The molecule has 7 nitrogen and oxygen atoms in total. The van der Waals surface area contributed by atoms with Crippen molar-refractivity contribution in [2.24, 2.45) is 0 Å². The number of methoxy groups -OCH3 is 1. The largest absolute Gasteiger partial charge is 0.508 e. The summed E-state index contributed by atoms with van der Waals surface area (Å²) < 4.78 is 10.6. The summed E-state index contributed by atoms with van der Waals surface area (Å²) in [6, 6.07) is 6.33. The Labute approximate surface area is 152 Å². The fourth-order valence-corrected chi connectivity index (χ4v) is 3.14. The Morgan fingerprint density at radius 2 is 1.92 bits per heavy atom. The third-order valence-corrected chi connectivity index (χ3v) is 4.63. The van der Waals surface area contributed by atoms with Gasteiger partial charge in [0, 0.05) is 32.2 Å². The van der Waals surface area contributed by atoms with Gasteiger partial charge < -0.3 is 24.3 Å². The van der Waals surface area contributed by atoms with Gasteiger partial charge in [0.15, 0.2) is 0 Å². The number of phenols is 2. The molecule has 3 rings (SSSR count). The number of piperazine rings is 1. The molecule has 140 valence electrons. The first-order valence-corrected chi connectivity index (χ1v) is 8.58. The Balaban J connectivity index is 1.83. The van der Waals surface area contributed by atoms with E-state index >= 15 is 0 Å². The SMILES string of the molecule is COC(=O)Cc1cc(O)cc(O)c1-c1ccc(CN2CCN(C)CC2)o1. The first kappa shape index (κ1) is 18.3. The van der Waals surface area contributed by atoms with E-state index in [-0.39, 0.29) is 17.9 Å². The number of aromatic hydroxyl groups is 2. The monoisotopic (exact) mass is 360 g/mol. The van der Waals surface area contributed by atoms with E-state index in [2.05, 4.69) is 16.8 Å². The van der Waals surface area contributed by atoms with E-state index < -0.39 is 5.97 Å². The molecule has 1 aliphatic heterocycles. The highest BCUT2D eigenvalue weighted by molar-refractivity contribution is 5.79. The lowest BCUT2D eigenvalue weighted by molar-refractivity contribution is -0.139. The fraction of sp³-hybridized carbons (Fsp3) is 0.421. The van der Waals surface area contributed by atoms with E-state index in [0.29, 0.717) is 23.4 Å². The van der Waals surface area contributed by atoms with E-state index in [1.165, 1.54) is 19.2 Å². The summed E-state index contributed by atoms with van der Waals surface area (Å²) in [4.78, 5) is 16.3. The number of benzene rings is 1. The molecular weight excluding hydrogens is 336 g/mol. The van der Waals surface area contributed by atoms with E-state index in [0.717, 1.165) is 31.9 Å². The molecular formula is C19H24N2O5. The van der Waals surface area contributed by atoms with E-state index in [9.17, 15) is 15.0 Å². The fourth-order valence-electron chi connectivity index (χ4n) is 3.14. The summed E-state index contributed by atoms with van der Waals surface area (Å²) in [6.07, 6.45) is -0.0672. The van der Waals surface area contributed by atoms with Crippen molar-refractivity contribution in [2.45, 2.75) is 13.0 Å². The molecule has 2 N–H and O–H groups in total. The highest BCUT2D eigenvalue weighted by Gasteiger charge is 2.20. The van der Waals surface area contributed by atoms with Crippen LogP contribution in [0.5, 0.6) is 11.5 Å². The topological polar surface area (TPSA) is 86.4 Å². The minimum absolute atomic E-state index is 0.0672. The summed E-state index contributed by atoms with van der Waals surface area (Å²) in [5, 5.41) is 20.0. The van der Waals surface area contributed by atoms with Crippen molar-refractivity contribution in [3.8, 4) is 22.8 Å². The molecule has 2 heterocycles. The van der Waals surface area contributed by atoms with Gasteiger partial charge in [0.25, 0.3) is 0 Å². The second-order valence-electron chi connectivity index (χ2n) is 6.60. The van der Waals surface area contributed by atoms with Gasteiger partial charge in [-0.1, -0.05) is 0 Å². The Morgan fingerprint density at radius 3 is 2.62 bits per heavy atom. The van der Waals surface area contributed by atoms with Crippen molar-refractivity contribution in [1.82, 2.24) is 9.80 Å². The Bertz CT molecular complexity index is 778. The number of carbonyl (C=O) groups is 1. The second-order valence-corrected chi connectivity index (χ2v) is 6.60. The molecule has 0 saturated carbocycles. The average Bonchev–Trinajstić information content (AvgIpc) is 3.04. The zero-order valence-electron chi connectivity index (χ0n) is 15.1. The number of phenolic OH excluding ortho intramolecular Hbond substituents is 2. The molecule has 0 spiro atoms. The molecule has 1 saturated heterocycles. The molecule has 0 atom stereocenters. The third kappa shape index (κ3) is 4.17. The molecule has 0 bridgehead atoms. The van der Waals surface area contributed by atoms with Crippen LogP contribution in [0.2, 0.25) is 0 Å². The quantitative estimate of drug-likeness (QED) is 0.787. The molecule has 0 radical (unpaired) electrons. The van der Waals surface area contributed by atoms with E-state index in [1.54, 1.807) is 6.07 Å². The summed E-state index contributed by atoms with van der Waals surface area (Å²) >= 11 is 0. The molecule has 1 aromatic carbocycles. The number of nitrogens with zero attached hydrogens (tertiary/aromatic N) is 2. The Kier molecular flexibility index (Phi) is 5.49. The zero-order valence-corrected chi connectivity index (χ0v) is 15.1. The van der Waals surface area contributed by atoms with Gasteiger partial charge in [0.2, 0.25) is 0 Å². The predicted octanol–water partition coefficient (Wildman–Crippen LogP) is 1.82. The van der Waals surface area contributed by atoms with Crippen molar-refractivity contribution in [3.05, 3.63) is 35.6 Å². The van der Waals surface area contributed by atoms with Crippen molar-refractivity contribution in [2.75, 3.05) is 40.3 Å². The number of hydrogen-bond acceptors (Lipinski definition) is 7. The van der Waals surface area contributed by atoms with Crippen molar-refractivity contribution in [1.29, 1.82) is 0 Å². The molecule has 0 aliphatic carbocycles. The van der Waals surface area contributed by atoms with Crippen LogP contribution in [-0.4, -0.2) is 66.3 Å². The third-order valence-electron chi connectivity index (χ3n) is 4.63. The standard InChI is InChI=1S/C19H24N2O5/c1-20-5-7-21(8-6-20)12-15-3-4-17(26-15)19-13(10-18(24)25-2)9-14(22)11-16(19)23/h3-4,9,11,22-23H,5-8,10,12H2,1-2H3. The van der Waals surface area contributed by atoms with Crippen LogP contribution in [0.1, 0.15) is 11.3 Å². The lowest BCUT2D eigenvalue weighted by Gasteiger charge is -2.31. The van der Waals surface area contributed by atoms with Crippen molar-refractivity contribution in [3.63, 3.8) is 0 Å². The number of likely N-dealkylation sites (N-methyl/N-ethyl adjacent to an activating group) is 1. The van der Waals surface area contributed by atoms with E-state index in [1.807, 2.05) is 6.07 Å². The predicted molar refractivity (Wildman–Crippen MR) is 96.0 cm³/mol. The number of ether oxygens (including phenoxy) is 1. The Morgan fingerprint density at radius 1 is 1.19 bits per heavy atom. The van der Waals surface area contributed by atoms with Crippen LogP contribution in [0.4, 0.5) is 0 Å². The van der Waals surface area contributed by atoms with Crippen LogP contribution in [-0.2, 0) is 22.5 Å². The highest BCUT2D eigenvalue weighted by atomic mass is 16.5. The number of esters is 1. The first-order valence-electron chi connectivity index (χ1n) is 8.58. The maximum absolute atomic E-state index is 11.7. The van der Waals surface area contributed by atoms with Crippen LogP contribution in [0.25, 0.3) is 11.3 Å². The molecule has 1 aliphatic rings. The average molecular weight is 360 g/mol. The maximum Gasteiger partial charge on any atom is 0.310 e. The summed E-state index contributed by atoms with van der Waals surface area (Å²) in [6.45, 7) is 4.69. The van der Waals surface area contributed by atoms with Crippen LogP contribution >= 0.6 is 0 Å². The minimum Gasteiger partial charge on any atom is -0.508 e. The van der Waals surface area contributed by atoms with Crippen LogP contribution in [0.3, 0.4) is 0 Å². The lowest BCUT2D eigenvalue weighted by Crippen LogP contribution is -2.43. The number of carbonyl (C=O) groups excluding carboxylic acids is 1. The molecule has 1 aromatic heterocycles. The second kappa shape index (κ2) is 7.80. The van der Waals surface area contributed by atoms with Gasteiger partial charge in [-0.3, -0.25) is 9.69 Å². The van der Waals surface area contributed by atoms with Gasteiger partial charge >= 0.3 is 5.97 Å². The van der Waals surface area contributed by atoms with E-state index in [4.69, 9.17) is 9.15 Å². The molecule has 26 heavy (non-hydrogen) atoms. The van der Waals surface area contributed by atoms with Crippen LogP contribution in [0, 0.1) is 0 Å². The normalized spacial score (nSPS) is 15.9. The molecule has 2 aromatic rings. The summed E-state index contributed by atoms with van der Waals surface area (Å²) in [7, 11) is 3.41. The molecule has 7 heteroatoms. The minimum atomic E-state index is -0.458. The highest BCUT2D eigenvalue weighted by Crippen LogP contribution is 2.37. The number of rotatable bonds is 5. The van der Waals surface area contributed by atoms with Crippen molar-refractivity contribution >= 4 is 5.97 Å². The number of hydrogen-bond donors (Lipinski definition) is 2. The smallest absolute Gasteiger partial charge is 0.310 e. The van der Waals surface area contributed by atoms with Crippen LogP contribution < -0.4 is 0 Å². The first-order chi connectivity index (χ1) is 12.5. The molecule has 0 amide bonds. The van der Waals surface area contributed by atoms with Gasteiger partial charge in [0.1, 0.15) is 23.0 Å². The van der Waals surface area contributed by atoms with Crippen molar-refractivity contribution < 1.29 is 24.2 Å². The Hall–Kier alpha value is -2.51. The molecule has 1 fully saturated rings. The summed E-state index contributed by atoms with van der Waals surface area (Å²) in [5.41, 5.74) is 0.854. The molecule has 0 unspecified atom stereocenters. The van der Waals surface area contributed by atoms with Gasteiger partial charge in [-0.15, -0.1) is 0 Å². The van der Waals surface area contributed by atoms with Crippen LogP contribution in [0.15, 0.2) is 28.7 Å². The summed E-state index contributed by atoms with van der Waals surface area (Å²) in [5.74, 6) is 0.547. The zero-order chi connectivity index (χ0) is 18.7.